The van der Waals surface area contributed by atoms with Crippen LogP contribution < -0.4 is 0 Å². The topological polar surface area (TPSA) is 74.0 Å². The predicted molar refractivity (Wildman–Crippen MR) is 50.2 cm³/mol. The second-order valence-corrected chi connectivity index (χ2v) is 3.39. The minimum atomic E-state index is -4.68. The highest BCUT2D eigenvalue weighted by Gasteiger charge is 2.33. The van der Waals surface area contributed by atoms with E-state index in [1.807, 2.05) is 0 Å². The molecule has 90 valence electrons. The maximum absolute atomic E-state index is 12.4. The van der Waals surface area contributed by atoms with Crippen LogP contribution in [0.5, 0.6) is 0 Å². The van der Waals surface area contributed by atoms with Crippen LogP contribution in [0.4, 0.5) is 13.2 Å². The number of aromatic nitrogens is 1. The molecule has 0 spiro atoms. The molecular weight excluding hydrogens is 261 g/mol. The van der Waals surface area contributed by atoms with Gasteiger partial charge in [0.2, 0.25) is 0 Å². The van der Waals surface area contributed by atoms with E-state index in [1.165, 1.54) is 6.07 Å². The molecule has 0 aliphatic rings. The molecule has 1 rings (SSSR count). The average Bonchev–Trinajstić information content (AvgIpc) is 2.15. The lowest BCUT2D eigenvalue weighted by molar-refractivity contribution is -0.139. The Morgan fingerprint density at radius 3 is 2.53 bits per heavy atom. The minimum absolute atomic E-state index is 0.494. The van der Waals surface area contributed by atoms with Gasteiger partial charge in [0, 0.05) is 0 Å². The molecule has 1 atom stereocenters. The largest absolute Gasteiger partial charge is 0.480 e. The zero-order chi connectivity index (χ0) is 13.2. The summed E-state index contributed by atoms with van der Waals surface area (Å²) in [5.41, 5.74) is -1.69. The molecule has 0 aromatic carbocycles. The number of halogens is 4. The fourth-order valence-corrected chi connectivity index (χ4v) is 1.29. The third-order valence-electron chi connectivity index (χ3n) is 1.81. The predicted octanol–water partition coefficient (Wildman–Crippen LogP) is 2.45. The van der Waals surface area contributed by atoms with E-state index in [0.29, 0.717) is 12.1 Å². The van der Waals surface area contributed by atoms with Crippen LogP contribution in [0.3, 0.4) is 0 Å². The van der Waals surface area contributed by atoms with Gasteiger partial charge in [0.15, 0.2) is 5.92 Å². The number of nitriles is 1. The van der Waals surface area contributed by atoms with Crippen molar-refractivity contribution in [1.82, 2.24) is 4.98 Å². The van der Waals surface area contributed by atoms with Gasteiger partial charge in [-0.15, -0.1) is 0 Å². The van der Waals surface area contributed by atoms with Gasteiger partial charge in [0.1, 0.15) is 5.15 Å². The number of carbonyl (C=O) groups is 1. The summed E-state index contributed by atoms with van der Waals surface area (Å²) < 4.78 is 37.2. The summed E-state index contributed by atoms with van der Waals surface area (Å²) in [5, 5.41) is 16.6. The van der Waals surface area contributed by atoms with Crippen molar-refractivity contribution in [3.8, 4) is 6.07 Å². The molecule has 1 heterocycles. The van der Waals surface area contributed by atoms with Crippen LogP contribution in [-0.4, -0.2) is 16.1 Å². The highest BCUT2D eigenvalue weighted by Crippen LogP contribution is 2.32. The van der Waals surface area contributed by atoms with Gasteiger partial charge in [-0.1, -0.05) is 11.6 Å². The lowest BCUT2D eigenvalue weighted by Crippen LogP contribution is -2.14. The van der Waals surface area contributed by atoms with Crippen molar-refractivity contribution in [2.45, 2.75) is 12.1 Å². The van der Waals surface area contributed by atoms with E-state index in [2.05, 4.69) is 4.98 Å². The molecule has 1 unspecified atom stereocenters. The standard InChI is InChI=1S/C9H4ClF3N2O2/c10-7-2-4(9(11,12)13)1-6(15-7)5(3-14)8(16)17/h1-2,5H,(H,16,17). The third kappa shape index (κ3) is 3.07. The van der Waals surface area contributed by atoms with Gasteiger partial charge in [-0.05, 0) is 12.1 Å². The molecular formula is C9H4ClF3N2O2. The Bertz CT molecular complexity index is 496. The second kappa shape index (κ2) is 4.59. The highest BCUT2D eigenvalue weighted by atomic mass is 35.5. The zero-order valence-corrected chi connectivity index (χ0v) is 8.75. The molecule has 4 nitrogen and oxygen atoms in total. The van der Waals surface area contributed by atoms with Gasteiger partial charge < -0.3 is 5.11 Å². The smallest absolute Gasteiger partial charge is 0.416 e. The monoisotopic (exact) mass is 264 g/mol. The Morgan fingerprint density at radius 1 is 1.53 bits per heavy atom. The van der Waals surface area contributed by atoms with Crippen molar-refractivity contribution in [2.24, 2.45) is 0 Å². The fourth-order valence-electron chi connectivity index (χ4n) is 1.08. The van der Waals surface area contributed by atoms with Crippen LogP contribution in [0.25, 0.3) is 0 Å². The maximum atomic E-state index is 12.4. The molecule has 17 heavy (non-hydrogen) atoms. The number of alkyl halides is 3. The maximum Gasteiger partial charge on any atom is 0.416 e. The number of hydrogen-bond donors (Lipinski definition) is 1. The van der Waals surface area contributed by atoms with Gasteiger partial charge in [-0.3, -0.25) is 4.79 Å². The lowest BCUT2D eigenvalue weighted by atomic mass is 10.1. The van der Waals surface area contributed by atoms with Crippen LogP contribution in [0.2, 0.25) is 5.15 Å². The first kappa shape index (κ1) is 13.3. The van der Waals surface area contributed by atoms with Crippen molar-refractivity contribution in [3.63, 3.8) is 0 Å². The first-order valence-electron chi connectivity index (χ1n) is 4.13. The van der Waals surface area contributed by atoms with E-state index in [9.17, 15) is 18.0 Å². The van der Waals surface area contributed by atoms with Gasteiger partial charge in [-0.2, -0.15) is 18.4 Å². The fraction of sp³-hybridized carbons (Fsp3) is 0.222. The molecule has 0 fully saturated rings. The summed E-state index contributed by atoms with van der Waals surface area (Å²) in [6, 6.07) is 2.39. The zero-order valence-electron chi connectivity index (χ0n) is 7.99. The number of carboxylic acids is 1. The van der Waals surface area contributed by atoms with Gasteiger partial charge in [-0.25, -0.2) is 4.98 Å². The Kier molecular flexibility index (Phi) is 3.58. The van der Waals surface area contributed by atoms with E-state index in [1.54, 1.807) is 0 Å². The van der Waals surface area contributed by atoms with E-state index < -0.39 is 34.5 Å². The molecule has 0 aliphatic heterocycles. The van der Waals surface area contributed by atoms with Crippen LogP contribution >= 0.6 is 11.6 Å². The molecule has 0 radical (unpaired) electrons. The number of aliphatic carboxylic acids is 1. The number of carboxylic acid groups (broad SMARTS) is 1. The summed E-state index contributed by atoms with van der Waals surface area (Å²) in [5.74, 6) is -3.37. The molecule has 1 N–H and O–H groups in total. The molecule has 1 aromatic heterocycles. The molecule has 0 saturated carbocycles. The van der Waals surface area contributed by atoms with Crippen LogP contribution in [-0.2, 0) is 11.0 Å². The normalized spacial score (nSPS) is 12.9. The number of hydrogen-bond acceptors (Lipinski definition) is 3. The van der Waals surface area contributed by atoms with Crippen molar-refractivity contribution < 1.29 is 23.1 Å². The van der Waals surface area contributed by atoms with Crippen molar-refractivity contribution in [2.75, 3.05) is 0 Å². The molecule has 0 amide bonds. The quantitative estimate of drug-likeness (QED) is 0.833. The van der Waals surface area contributed by atoms with Gasteiger partial charge >= 0.3 is 12.1 Å². The van der Waals surface area contributed by atoms with E-state index in [-0.39, 0.29) is 0 Å². The van der Waals surface area contributed by atoms with Crippen LogP contribution in [0, 0.1) is 11.3 Å². The summed E-state index contributed by atoms with van der Waals surface area (Å²) in [6.45, 7) is 0. The highest BCUT2D eigenvalue weighted by molar-refractivity contribution is 6.29. The summed E-state index contributed by atoms with van der Waals surface area (Å²) in [4.78, 5) is 14.0. The van der Waals surface area contributed by atoms with Crippen molar-refractivity contribution >= 4 is 17.6 Å². The van der Waals surface area contributed by atoms with E-state index >= 15 is 0 Å². The third-order valence-corrected chi connectivity index (χ3v) is 2.01. The molecule has 0 saturated heterocycles. The van der Waals surface area contributed by atoms with Gasteiger partial charge in [0.05, 0.1) is 17.3 Å². The average molecular weight is 265 g/mol. The Morgan fingerprint density at radius 2 is 2.12 bits per heavy atom. The molecule has 8 heteroatoms. The second-order valence-electron chi connectivity index (χ2n) is 3.00. The lowest BCUT2D eigenvalue weighted by Gasteiger charge is -2.10. The Hall–Kier alpha value is -1.81. The van der Waals surface area contributed by atoms with Crippen molar-refractivity contribution in [3.05, 3.63) is 28.5 Å². The molecule has 0 bridgehead atoms. The van der Waals surface area contributed by atoms with E-state index in [4.69, 9.17) is 22.0 Å². The molecule has 1 aromatic rings. The first-order chi connectivity index (χ1) is 7.75. The van der Waals surface area contributed by atoms with E-state index in [0.717, 1.165) is 0 Å². The number of pyridine rings is 1. The Balaban J connectivity index is 3.33. The minimum Gasteiger partial charge on any atom is -0.480 e. The van der Waals surface area contributed by atoms with Gasteiger partial charge in [0.25, 0.3) is 0 Å². The number of rotatable bonds is 2. The summed E-state index contributed by atoms with van der Waals surface area (Å²) in [7, 11) is 0. The summed E-state index contributed by atoms with van der Waals surface area (Å²) in [6.07, 6.45) is -4.68. The Labute approximate surface area is 98.3 Å². The van der Waals surface area contributed by atoms with Crippen molar-refractivity contribution in [1.29, 1.82) is 5.26 Å². The SMILES string of the molecule is N#CC(C(=O)O)c1cc(C(F)(F)F)cc(Cl)n1. The first-order valence-corrected chi connectivity index (χ1v) is 4.50. The summed E-state index contributed by atoms with van der Waals surface area (Å²) >= 11 is 5.35. The van der Waals surface area contributed by atoms with Crippen LogP contribution in [0.15, 0.2) is 12.1 Å². The molecule has 0 aliphatic carbocycles. The van der Waals surface area contributed by atoms with Crippen LogP contribution in [0.1, 0.15) is 17.2 Å². The number of nitrogens with zero attached hydrogens (tertiary/aromatic N) is 2.